The van der Waals surface area contributed by atoms with Crippen LogP contribution in [0.15, 0.2) is 53.7 Å². The molecule has 0 saturated heterocycles. The van der Waals surface area contributed by atoms with Crippen LogP contribution in [0.2, 0.25) is 0 Å². The zero-order chi connectivity index (χ0) is 15.5. The highest BCUT2D eigenvalue weighted by molar-refractivity contribution is 7.84. The Morgan fingerprint density at radius 2 is 2.00 bits per heavy atom. The molecule has 4 nitrogen and oxygen atoms in total. The number of hydrogen-bond donors (Lipinski definition) is 0. The van der Waals surface area contributed by atoms with Gasteiger partial charge in [0.15, 0.2) is 0 Å². The van der Waals surface area contributed by atoms with E-state index in [4.69, 9.17) is 4.74 Å². The van der Waals surface area contributed by atoms with E-state index < -0.39 is 10.8 Å². The van der Waals surface area contributed by atoms with E-state index in [1.807, 2.05) is 60.1 Å². The third kappa shape index (κ3) is 3.10. The topological polar surface area (TPSA) is 43.6 Å². The lowest BCUT2D eigenvalue weighted by molar-refractivity contribution is 0.185. The van der Waals surface area contributed by atoms with Gasteiger partial charge in [-0.3, -0.25) is 4.21 Å². The maximum absolute atomic E-state index is 12.5. The number of fused-ring (bicyclic) bond motifs is 1. The lowest BCUT2D eigenvalue weighted by Gasteiger charge is -2.03. The van der Waals surface area contributed by atoms with E-state index >= 15 is 0 Å². The number of pyridine rings is 1. The molecule has 2 heterocycles. The van der Waals surface area contributed by atoms with Crippen molar-refractivity contribution in [3.8, 4) is 0 Å². The summed E-state index contributed by atoms with van der Waals surface area (Å²) < 4.78 is 19.5. The molecule has 0 amide bonds. The minimum absolute atomic E-state index is 0.421. The summed E-state index contributed by atoms with van der Waals surface area (Å²) in [5, 5.41) is 0. The van der Waals surface area contributed by atoms with E-state index in [2.05, 4.69) is 4.98 Å². The summed E-state index contributed by atoms with van der Waals surface area (Å²) in [5.41, 5.74) is 3.95. The van der Waals surface area contributed by atoms with Crippen LogP contribution in [-0.4, -0.2) is 20.7 Å². The van der Waals surface area contributed by atoms with Gasteiger partial charge in [0.05, 0.1) is 28.9 Å². The van der Waals surface area contributed by atoms with Crippen molar-refractivity contribution in [2.24, 2.45) is 0 Å². The minimum Gasteiger partial charge on any atom is -0.380 e. The summed E-state index contributed by atoms with van der Waals surface area (Å²) in [5.74, 6) is 0.421. The number of rotatable bonds is 5. The molecule has 5 heteroatoms. The highest BCUT2D eigenvalue weighted by atomic mass is 32.2. The van der Waals surface area contributed by atoms with Crippen LogP contribution in [0.25, 0.3) is 5.65 Å². The summed E-state index contributed by atoms with van der Waals surface area (Å²) >= 11 is 0. The number of nitrogens with zero attached hydrogens (tertiary/aromatic N) is 2. The number of methoxy groups -OCH3 is 1. The molecule has 0 unspecified atom stereocenters. The molecule has 0 radical (unpaired) electrons. The third-order valence-electron chi connectivity index (χ3n) is 3.50. The second-order valence-electron chi connectivity index (χ2n) is 5.22. The van der Waals surface area contributed by atoms with Crippen LogP contribution >= 0.6 is 0 Å². The molecule has 0 N–H and O–H groups in total. The van der Waals surface area contributed by atoms with Gasteiger partial charge in [-0.15, -0.1) is 0 Å². The standard InChI is InChI=1S/C17H18N2O2S/c1-13-4-3-9-19-10-15(18-17(13)19)12-22(20)16-7-5-14(6-8-16)11-21-2/h3-10H,11-12H2,1-2H3/t22-/m0/s1. The van der Waals surface area contributed by atoms with Crippen LogP contribution in [0.3, 0.4) is 0 Å². The predicted molar refractivity (Wildman–Crippen MR) is 87.2 cm³/mol. The van der Waals surface area contributed by atoms with Crippen LogP contribution in [0.5, 0.6) is 0 Å². The van der Waals surface area contributed by atoms with E-state index in [-0.39, 0.29) is 0 Å². The Balaban J connectivity index is 1.79. The molecular formula is C17H18N2O2S. The molecule has 0 aliphatic rings. The van der Waals surface area contributed by atoms with E-state index in [0.717, 1.165) is 27.4 Å². The highest BCUT2D eigenvalue weighted by Gasteiger charge is 2.09. The SMILES string of the molecule is COCc1ccc([S@@](=O)Cc2cn3cccc(C)c3n2)cc1. The van der Waals surface area contributed by atoms with Crippen molar-refractivity contribution in [1.82, 2.24) is 9.38 Å². The Morgan fingerprint density at radius 3 is 2.68 bits per heavy atom. The van der Waals surface area contributed by atoms with E-state index in [1.54, 1.807) is 7.11 Å². The Labute approximate surface area is 132 Å². The molecule has 1 aromatic carbocycles. The van der Waals surface area contributed by atoms with Gasteiger partial charge in [-0.05, 0) is 36.2 Å². The number of aryl methyl sites for hydroxylation is 1. The molecule has 1 atom stereocenters. The first-order valence-corrected chi connectivity index (χ1v) is 8.39. The Kier molecular flexibility index (Phi) is 4.36. The molecule has 0 aliphatic carbocycles. The monoisotopic (exact) mass is 314 g/mol. The molecule has 114 valence electrons. The number of hydrogen-bond acceptors (Lipinski definition) is 3. The second kappa shape index (κ2) is 6.42. The van der Waals surface area contributed by atoms with Gasteiger partial charge >= 0.3 is 0 Å². The first-order valence-electron chi connectivity index (χ1n) is 7.07. The lowest BCUT2D eigenvalue weighted by atomic mass is 10.2. The van der Waals surface area contributed by atoms with Gasteiger partial charge in [0.1, 0.15) is 5.65 Å². The van der Waals surface area contributed by atoms with E-state index in [0.29, 0.717) is 12.4 Å². The molecule has 0 spiro atoms. The Hall–Kier alpha value is -1.98. The highest BCUT2D eigenvalue weighted by Crippen LogP contribution is 2.16. The van der Waals surface area contributed by atoms with Crippen molar-refractivity contribution < 1.29 is 8.95 Å². The molecule has 0 fully saturated rings. The maximum atomic E-state index is 12.5. The van der Waals surface area contributed by atoms with Crippen molar-refractivity contribution in [3.63, 3.8) is 0 Å². The molecule has 0 aliphatic heterocycles. The van der Waals surface area contributed by atoms with Crippen molar-refractivity contribution in [2.45, 2.75) is 24.2 Å². The third-order valence-corrected chi connectivity index (χ3v) is 4.86. The zero-order valence-electron chi connectivity index (χ0n) is 12.7. The van der Waals surface area contributed by atoms with Crippen molar-refractivity contribution in [2.75, 3.05) is 7.11 Å². The summed E-state index contributed by atoms with van der Waals surface area (Å²) in [7, 11) is 0.568. The summed E-state index contributed by atoms with van der Waals surface area (Å²) in [6, 6.07) is 11.7. The number of imidazole rings is 1. The normalized spacial score (nSPS) is 12.6. The van der Waals surface area contributed by atoms with Crippen molar-refractivity contribution in [1.29, 1.82) is 0 Å². The smallest absolute Gasteiger partial charge is 0.139 e. The average molecular weight is 314 g/mol. The van der Waals surface area contributed by atoms with Crippen molar-refractivity contribution in [3.05, 3.63) is 65.6 Å². The van der Waals surface area contributed by atoms with Gasteiger partial charge < -0.3 is 9.14 Å². The van der Waals surface area contributed by atoms with Gasteiger partial charge in [-0.1, -0.05) is 18.2 Å². The Bertz CT molecular complexity index is 809. The molecule has 3 rings (SSSR count). The fraction of sp³-hybridized carbons (Fsp3) is 0.235. The quantitative estimate of drug-likeness (QED) is 0.727. The van der Waals surface area contributed by atoms with Gasteiger partial charge in [-0.2, -0.15) is 0 Å². The molecule has 0 saturated carbocycles. The first kappa shape index (κ1) is 14.9. The number of aromatic nitrogens is 2. The second-order valence-corrected chi connectivity index (χ2v) is 6.67. The number of benzene rings is 1. The fourth-order valence-electron chi connectivity index (χ4n) is 2.40. The van der Waals surface area contributed by atoms with Crippen LogP contribution in [-0.2, 0) is 27.9 Å². The summed E-state index contributed by atoms with van der Waals surface area (Å²) in [4.78, 5) is 5.39. The predicted octanol–water partition coefficient (Wildman–Crippen LogP) is 3.10. The lowest BCUT2D eigenvalue weighted by Crippen LogP contribution is -1.97. The van der Waals surface area contributed by atoms with Crippen LogP contribution < -0.4 is 0 Å². The van der Waals surface area contributed by atoms with Crippen LogP contribution in [0, 0.1) is 6.92 Å². The van der Waals surface area contributed by atoms with Gasteiger partial charge in [0, 0.05) is 24.4 Å². The molecule has 0 bridgehead atoms. The molecule has 3 aromatic rings. The van der Waals surface area contributed by atoms with E-state index in [9.17, 15) is 4.21 Å². The van der Waals surface area contributed by atoms with Crippen LogP contribution in [0.1, 0.15) is 16.8 Å². The minimum atomic E-state index is -1.10. The molecule has 22 heavy (non-hydrogen) atoms. The first-order chi connectivity index (χ1) is 10.7. The largest absolute Gasteiger partial charge is 0.380 e. The molecule has 2 aromatic heterocycles. The van der Waals surface area contributed by atoms with E-state index in [1.165, 1.54) is 0 Å². The summed E-state index contributed by atoms with van der Waals surface area (Å²) in [6.07, 6.45) is 3.90. The Morgan fingerprint density at radius 1 is 1.23 bits per heavy atom. The summed E-state index contributed by atoms with van der Waals surface area (Å²) in [6.45, 7) is 2.59. The molecular weight excluding hydrogens is 296 g/mol. The van der Waals surface area contributed by atoms with Crippen molar-refractivity contribution >= 4 is 16.4 Å². The number of ether oxygens (including phenoxy) is 1. The van der Waals surface area contributed by atoms with Gasteiger partial charge in [0.25, 0.3) is 0 Å². The average Bonchev–Trinajstić information content (AvgIpc) is 2.92. The zero-order valence-corrected chi connectivity index (χ0v) is 13.5. The fourth-order valence-corrected chi connectivity index (χ4v) is 3.41. The van der Waals surface area contributed by atoms with Crippen LogP contribution in [0.4, 0.5) is 0 Å². The maximum Gasteiger partial charge on any atom is 0.139 e. The van der Waals surface area contributed by atoms with Gasteiger partial charge in [-0.25, -0.2) is 4.98 Å². The van der Waals surface area contributed by atoms with Gasteiger partial charge in [0.2, 0.25) is 0 Å².